The molecule has 0 aliphatic rings. The number of hydrogen-bond acceptors (Lipinski definition) is 0. The molecule has 0 heterocycles. The summed E-state index contributed by atoms with van der Waals surface area (Å²) >= 11 is 0. The molecule has 0 spiro atoms. The third-order valence-corrected chi connectivity index (χ3v) is 0. The van der Waals surface area contributed by atoms with Crippen molar-refractivity contribution in [2.75, 3.05) is 0 Å². The fraction of sp³-hybridized carbons (Fsp3) is 0. The van der Waals surface area contributed by atoms with Crippen molar-refractivity contribution in [2.45, 2.75) is 0 Å². The van der Waals surface area contributed by atoms with Crippen LogP contribution >= 0.6 is 0 Å². The molecule has 5 heavy (non-hydrogen) atoms. The Kier molecular flexibility index (Phi) is 914. The Hall–Kier alpha value is 1.46. The van der Waals surface area contributed by atoms with Gasteiger partial charge < -0.3 is 16.4 Å². The van der Waals surface area contributed by atoms with Gasteiger partial charge in [-0.3, -0.25) is 0 Å². The summed E-state index contributed by atoms with van der Waals surface area (Å²) < 4.78 is 0. The van der Waals surface area contributed by atoms with Gasteiger partial charge in [-0.15, -0.1) is 0 Å². The predicted molar refractivity (Wildman–Crippen MR) is 7.81 cm³/mol. The summed E-state index contributed by atoms with van der Waals surface area (Å²) in [6.45, 7) is 0. The van der Waals surface area contributed by atoms with Crippen molar-refractivity contribution in [1.29, 1.82) is 0 Å². The first-order valence-electron chi connectivity index (χ1n) is 0. The molecule has 0 radical (unpaired) electrons. The van der Waals surface area contributed by atoms with E-state index in [4.69, 9.17) is 0 Å². The Balaban J connectivity index is 0. The van der Waals surface area contributed by atoms with Crippen LogP contribution in [0.15, 0.2) is 0 Å². The van der Waals surface area contributed by atoms with Crippen molar-refractivity contribution in [3.05, 3.63) is 0 Å². The molecule has 0 rings (SSSR count). The molecule has 0 bridgehead atoms. The minimum Gasteiger partial charge on any atom is -2.00 e. The monoisotopic (exact) mass is 313 g/mol. The summed E-state index contributed by atoms with van der Waals surface area (Å²) in [6, 6.07) is 0. The molecule has 0 unspecified atom stereocenters. The first-order valence-corrected chi connectivity index (χ1v) is 0. The maximum atomic E-state index is 0. The zero-order chi connectivity index (χ0) is 0. The summed E-state index contributed by atoms with van der Waals surface area (Å²) in [7, 11) is 0. The van der Waals surface area contributed by atoms with E-state index in [9.17, 15) is 0 Å². The molecular formula is AlO3U-3. The fourth-order valence-corrected chi connectivity index (χ4v) is 0. The van der Waals surface area contributed by atoms with Crippen molar-refractivity contribution in [3.63, 3.8) is 0 Å². The van der Waals surface area contributed by atoms with Crippen LogP contribution in [0.1, 0.15) is 0 Å². The van der Waals surface area contributed by atoms with E-state index in [-0.39, 0.29) is 64.9 Å². The minimum absolute atomic E-state index is 0. The van der Waals surface area contributed by atoms with Crippen molar-refractivity contribution in [2.24, 2.45) is 0 Å². The van der Waals surface area contributed by atoms with Gasteiger partial charge in [0.05, 0.1) is 0 Å². The van der Waals surface area contributed by atoms with Crippen LogP contribution in [0.5, 0.6) is 0 Å². The number of rotatable bonds is 0. The van der Waals surface area contributed by atoms with Gasteiger partial charge in [0.25, 0.3) is 0 Å². The van der Waals surface area contributed by atoms with Crippen molar-refractivity contribution >= 4 is 17.4 Å². The molecular weight excluding hydrogens is 313 g/mol. The Labute approximate surface area is 64.6 Å². The molecule has 0 aliphatic heterocycles. The zero-order valence-electron chi connectivity index (χ0n) is 2.30. The standard InChI is InChI=1S/Al.3O.U/q+3;3*-2;. The summed E-state index contributed by atoms with van der Waals surface area (Å²) in [5, 5.41) is 0. The molecule has 0 N–H and O–H groups in total. The molecule has 0 aromatic heterocycles. The van der Waals surface area contributed by atoms with Crippen LogP contribution in [0, 0.1) is 31.1 Å². The Morgan fingerprint density at radius 3 is 0.600 bits per heavy atom. The van der Waals surface area contributed by atoms with E-state index in [1.165, 1.54) is 0 Å². The van der Waals surface area contributed by atoms with Gasteiger partial charge in [-0.05, 0) is 0 Å². The van der Waals surface area contributed by atoms with Crippen molar-refractivity contribution < 1.29 is 47.5 Å². The van der Waals surface area contributed by atoms with Gasteiger partial charge in [-0.1, -0.05) is 0 Å². The molecule has 0 amide bonds. The van der Waals surface area contributed by atoms with E-state index in [0.717, 1.165) is 0 Å². The van der Waals surface area contributed by atoms with Gasteiger partial charge in [-0.25, -0.2) is 0 Å². The second-order valence-corrected chi connectivity index (χ2v) is 0. The smallest absolute Gasteiger partial charge is 2.00 e. The maximum Gasteiger partial charge on any atom is 3.00 e. The average Bonchev–Trinajstić information content (AvgIpc) is 0. The molecule has 0 saturated heterocycles. The molecule has 0 saturated carbocycles. The molecule has 3 nitrogen and oxygen atoms in total. The zero-order valence-corrected chi connectivity index (χ0v) is 7.62. The quantitative estimate of drug-likeness (QED) is 0.528. The van der Waals surface area contributed by atoms with Crippen LogP contribution in [0.4, 0.5) is 0 Å². The molecule has 0 aliphatic carbocycles. The fourth-order valence-electron chi connectivity index (χ4n) is 0. The van der Waals surface area contributed by atoms with Crippen LogP contribution in [0.3, 0.4) is 0 Å². The summed E-state index contributed by atoms with van der Waals surface area (Å²) in [5.41, 5.74) is 0. The Bertz CT molecular complexity index is 6.85. The van der Waals surface area contributed by atoms with Crippen molar-refractivity contribution in [3.8, 4) is 0 Å². The molecule has 0 aromatic rings. The first-order chi connectivity index (χ1) is 0. The van der Waals surface area contributed by atoms with Crippen LogP contribution in [0.25, 0.3) is 0 Å². The van der Waals surface area contributed by atoms with Gasteiger partial charge >= 0.3 is 17.4 Å². The van der Waals surface area contributed by atoms with Crippen LogP contribution < -0.4 is 0 Å². The SMILES string of the molecule is [Al+3].[O-2].[O-2].[O-2].[U]. The maximum absolute atomic E-state index is 0. The molecule has 0 atom stereocenters. The number of hydrogen-bond donors (Lipinski definition) is 0. The molecule has 0 fully saturated rings. The topological polar surface area (TPSA) is 85.5 Å². The Morgan fingerprint density at radius 1 is 0.600 bits per heavy atom. The van der Waals surface area contributed by atoms with E-state index in [1.54, 1.807) is 0 Å². The van der Waals surface area contributed by atoms with E-state index >= 15 is 0 Å². The van der Waals surface area contributed by atoms with Gasteiger partial charge in [0.15, 0.2) is 0 Å². The molecule has 5 heteroatoms. The molecule has 28 valence electrons. The summed E-state index contributed by atoms with van der Waals surface area (Å²) in [6.07, 6.45) is 0. The first kappa shape index (κ1) is 90.0. The second kappa shape index (κ2) is 50.8. The van der Waals surface area contributed by atoms with Gasteiger partial charge in [0, 0.05) is 31.1 Å². The van der Waals surface area contributed by atoms with Crippen LogP contribution in [-0.2, 0) is 16.4 Å². The largest absolute Gasteiger partial charge is 3.00 e. The van der Waals surface area contributed by atoms with Gasteiger partial charge in [-0.2, -0.15) is 0 Å². The van der Waals surface area contributed by atoms with E-state index in [1.807, 2.05) is 0 Å². The van der Waals surface area contributed by atoms with Gasteiger partial charge in [0.2, 0.25) is 0 Å². The predicted octanol–water partition coefficient (Wildman–Crippen LogP) is -0.737. The third kappa shape index (κ3) is 30.6. The summed E-state index contributed by atoms with van der Waals surface area (Å²) in [5.74, 6) is 0. The summed E-state index contributed by atoms with van der Waals surface area (Å²) in [4.78, 5) is 0. The van der Waals surface area contributed by atoms with Crippen molar-refractivity contribution in [1.82, 2.24) is 0 Å². The Morgan fingerprint density at radius 2 is 0.600 bits per heavy atom. The van der Waals surface area contributed by atoms with E-state index in [2.05, 4.69) is 0 Å². The molecule has 0 aromatic carbocycles. The third-order valence-electron chi connectivity index (χ3n) is 0. The van der Waals surface area contributed by atoms with E-state index < -0.39 is 0 Å². The van der Waals surface area contributed by atoms with Crippen LogP contribution in [0.2, 0.25) is 0 Å². The van der Waals surface area contributed by atoms with E-state index in [0.29, 0.717) is 0 Å². The van der Waals surface area contributed by atoms with Gasteiger partial charge in [0.1, 0.15) is 0 Å². The van der Waals surface area contributed by atoms with Crippen LogP contribution in [-0.4, -0.2) is 17.4 Å². The minimum atomic E-state index is 0. The average molecular weight is 313 g/mol. The second-order valence-electron chi connectivity index (χ2n) is 0. The normalized spacial score (nSPS) is 0.